The van der Waals surface area contributed by atoms with Gasteiger partial charge < -0.3 is 31.3 Å². The van der Waals surface area contributed by atoms with Crippen molar-refractivity contribution in [3.63, 3.8) is 0 Å². The van der Waals surface area contributed by atoms with Gasteiger partial charge in [0.05, 0.1) is 5.69 Å². The maximum atomic E-state index is 4.30. The van der Waals surface area contributed by atoms with Gasteiger partial charge in [-0.1, -0.05) is 87.4 Å². The van der Waals surface area contributed by atoms with Gasteiger partial charge >= 0.3 is 0 Å². The van der Waals surface area contributed by atoms with Crippen LogP contribution in [0, 0.1) is 18.3 Å². The summed E-state index contributed by atoms with van der Waals surface area (Å²) in [6, 6.07) is 10.4. The van der Waals surface area contributed by atoms with Gasteiger partial charge in [0, 0.05) is 71.2 Å². The van der Waals surface area contributed by atoms with Crippen LogP contribution in [0.5, 0.6) is 0 Å². The summed E-state index contributed by atoms with van der Waals surface area (Å²) in [6.45, 7) is 8.25. The van der Waals surface area contributed by atoms with E-state index in [1.54, 1.807) is 6.20 Å². The molecule has 0 fully saturated rings. The number of hydrogen-bond acceptors (Lipinski definition) is 3. The van der Waals surface area contributed by atoms with Gasteiger partial charge in [-0.2, -0.15) is 6.92 Å². The minimum Gasteiger partial charge on any atom is -0.317 e. The van der Waals surface area contributed by atoms with Crippen molar-refractivity contribution in [2.75, 3.05) is 0 Å². The third-order valence-corrected chi connectivity index (χ3v) is 6.23. The van der Waals surface area contributed by atoms with Gasteiger partial charge in [-0.3, -0.25) is 9.41 Å². The Balaban J connectivity index is 0.000000524. The molecule has 2 atom stereocenters. The maximum absolute atomic E-state index is 4.30. The molecule has 5 nitrogen and oxygen atoms in total. The number of halogens is 5. The summed E-state index contributed by atoms with van der Waals surface area (Å²) < 4.78 is 7.25. The Bertz CT molecular complexity index is 1470. The molecule has 1 aliphatic carbocycles. The summed E-state index contributed by atoms with van der Waals surface area (Å²) in [4.78, 5) is 12.8. The number of alkyl halides is 3. The Morgan fingerprint density at radius 1 is 0.881 bits per heavy atom. The summed E-state index contributed by atoms with van der Waals surface area (Å²) in [5.74, 6) is 0. The minimum absolute atomic E-state index is 0. The van der Waals surface area contributed by atoms with E-state index >= 15 is 0 Å². The van der Waals surface area contributed by atoms with Gasteiger partial charge in [0.25, 0.3) is 0 Å². The van der Waals surface area contributed by atoms with E-state index in [0.29, 0.717) is -0.565 Å². The Hall–Kier alpha value is 1.11. The van der Waals surface area contributed by atoms with Crippen LogP contribution in [0.25, 0.3) is 28.1 Å². The number of aromatic nitrogens is 5. The second-order valence-electron chi connectivity index (χ2n) is 8.59. The number of fused-ring (bicyclic) bond motifs is 3. The van der Waals surface area contributed by atoms with Crippen LogP contribution in [0.4, 0.5) is 0 Å². The van der Waals surface area contributed by atoms with Gasteiger partial charge in [-0.15, -0.1) is 0 Å². The van der Waals surface area contributed by atoms with Crippen molar-refractivity contribution in [1.29, 1.82) is 0 Å². The zero-order valence-corrected chi connectivity index (χ0v) is 36.9. The van der Waals surface area contributed by atoms with Gasteiger partial charge in [0.2, 0.25) is 0 Å². The zero-order valence-electron chi connectivity index (χ0n) is 22.9. The van der Waals surface area contributed by atoms with Gasteiger partial charge in [0.1, 0.15) is 10.7 Å². The fourth-order valence-corrected chi connectivity index (χ4v) is 4.36. The molecular formula is C29H35BrI4N5P2V-. The molecule has 0 bridgehead atoms. The van der Waals surface area contributed by atoms with Crippen LogP contribution in [-0.2, 0) is 25.0 Å². The Morgan fingerprint density at radius 2 is 1.33 bits per heavy atom. The molecule has 6 rings (SSSR count). The van der Waals surface area contributed by atoms with Crippen LogP contribution in [0.3, 0.4) is 0 Å². The predicted molar refractivity (Wildman–Crippen MR) is 225 cm³/mol. The van der Waals surface area contributed by atoms with Gasteiger partial charge in [-0.25, -0.2) is 9.97 Å². The second-order valence-corrected chi connectivity index (χ2v) is 24.5. The number of rotatable bonds is 0. The Kier molecular flexibility index (Phi) is 22.4. The normalized spacial score (nSPS) is 10.7. The molecule has 0 aliphatic heterocycles. The van der Waals surface area contributed by atoms with Crippen molar-refractivity contribution in [2.24, 2.45) is 0 Å². The standard InChI is InChI=1S/C9H9N.C8H9N2P.C7H6BrN2P.C2H3I3.C2H4I.CH4.V/c1-7-5-8-3-2-4-9(8)10-6-7;1-6-4-7-2-3-10(11)8(7)9-5-6;8-6-3-5-1-2-10(11)7(5)9-4-6;1-2(3,4)5;1-2-3;;/h2-3,5-6H,4H2,1H3;2-5H,11H2,1H3;1-4H,11H2;1H3;2H,1H3;1H4;/q;;;;-1;;. The summed E-state index contributed by atoms with van der Waals surface area (Å²) in [6.07, 6.45) is 14.8. The van der Waals surface area contributed by atoms with Crippen LogP contribution < -0.4 is 0 Å². The van der Waals surface area contributed by atoms with Crippen molar-refractivity contribution < 1.29 is 18.6 Å². The van der Waals surface area contributed by atoms with E-state index in [9.17, 15) is 0 Å². The summed E-state index contributed by atoms with van der Waals surface area (Å²) in [5, 5.41) is 2.34. The first-order chi connectivity index (χ1) is 18.8. The van der Waals surface area contributed by atoms with E-state index in [1.165, 1.54) is 27.8 Å². The number of nitrogens with zero attached hydrogens (tertiary/aromatic N) is 5. The fourth-order valence-electron chi connectivity index (χ4n) is 3.40. The van der Waals surface area contributed by atoms with Crippen LogP contribution >= 0.6 is 125 Å². The van der Waals surface area contributed by atoms with E-state index in [0.717, 1.165) is 27.6 Å². The Morgan fingerprint density at radius 3 is 1.88 bits per heavy atom. The van der Waals surface area contributed by atoms with E-state index in [4.69, 9.17) is 0 Å². The summed E-state index contributed by atoms with van der Waals surface area (Å²) in [7, 11) is 5.19. The number of allylic oxidation sites excluding steroid dienone is 1. The van der Waals surface area contributed by atoms with Crippen LogP contribution in [-0.4, -0.2) is 23.1 Å². The molecule has 0 amide bonds. The van der Waals surface area contributed by atoms with E-state index in [1.807, 2.05) is 63.9 Å². The van der Waals surface area contributed by atoms with Crippen molar-refractivity contribution in [3.8, 4) is 0 Å². The molecule has 0 aromatic carbocycles. The van der Waals surface area contributed by atoms with E-state index < -0.39 is 0 Å². The molecule has 5 aromatic heterocycles. The molecule has 0 N–H and O–H groups in total. The van der Waals surface area contributed by atoms with Gasteiger partial charge in [0.15, 0.2) is 0 Å². The molecular weight excluding hydrogens is 1120 g/mol. The minimum atomic E-state index is 0. The summed E-state index contributed by atoms with van der Waals surface area (Å²) >= 11 is 12.6. The molecule has 1 radical (unpaired) electrons. The quantitative estimate of drug-likeness (QED) is 0.0672. The topological polar surface area (TPSA) is 48.5 Å². The fraction of sp³-hybridized carbons (Fsp3) is 0.241. The van der Waals surface area contributed by atoms with Crippen molar-refractivity contribution in [1.82, 2.24) is 23.6 Å². The monoisotopic (exact) mass is 1150 g/mol. The largest absolute Gasteiger partial charge is 0.317 e. The first-order valence-electron chi connectivity index (χ1n) is 12.0. The smallest absolute Gasteiger partial charge is 0.142 e. The SMILES string of the molecule is C.CC(I)(I)I.C[CH-]I.Cc1cnc2c(c1)C=CC2.Cc1cnc2c(ccn2P)c1.Pn1ccc2cc(Br)cnc21.[V]. The molecule has 227 valence electrons. The maximum Gasteiger partial charge on any atom is 0.142 e. The van der Waals surface area contributed by atoms with Crippen LogP contribution in [0.15, 0.2) is 71.9 Å². The van der Waals surface area contributed by atoms with Crippen molar-refractivity contribution in [2.45, 2.75) is 41.0 Å². The zero-order chi connectivity index (χ0) is 29.9. The molecule has 1 aliphatic rings. The molecule has 2 unspecified atom stereocenters. The number of pyridine rings is 3. The second kappa shape index (κ2) is 21.8. The van der Waals surface area contributed by atoms with Crippen molar-refractivity contribution >= 4 is 153 Å². The molecule has 0 saturated carbocycles. The first-order valence-corrected chi connectivity index (χ1v) is 18.3. The third-order valence-electron chi connectivity index (χ3n) is 4.96. The Labute approximate surface area is 330 Å². The predicted octanol–water partition coefficient (Wildman–Crippen LogP) is 11.6. The average molecular weight is 1150 g/mol. The molecule has 5 heterocycles. The molecule has 0 spiro atoms. The molecule has 5 aromatic rings. The summed E-state index contributed by atoms with van der Waals surface area (Å²) in [5.41, 5.74) is 6.95. The van der Waals surface area contributed by atoms with Crippen molar-refractivity contribution in [3.05, 3.63) is 98.7 Å². The number of hydrogen-bond donors (Lipinski definition) is 0. The third kappa shape index (κ3) is 16.1. The van der Waals surface area contributed by atoms with E-state index in [-0.39, 0.29) is 26.0 Å². The first kappa shape index (κ1) is 43.1. The molecule has 42 heavy (non-hydrogen) atoms. The van der Waals surface area contributed by atoms with E-state index in [2.05, 4.69) is 184 Å². The van der Waals surface area contributed by atoms with Crippen LogP contribution in [0.1, 0.15) is 43.7 Å². The molecule has 13 heteroatoms. The average Bonchev–Trinajstić information content (AvgIpc) is 3.58. The molecule has 0 saturated heterocycles. The van der Waals surface area contributed by atoms with Gasteiger partial charge in [-0.05, 0) is 103 Å². The number of aryl methyl sites for hydroxylation is 2. The van der Waals surface area contributed by atoms with Crippen LogP contribution in [0.2, 0.25) is 0 Å².